The van der Waals surface area contributed by atoms with E-state index in [1.165, 1.54) is 17.2 Å². The van der Waals surface area contributed by atoms with Crippen molar-refractivity contribution in [1.29, 1.82) is 0 Å². The molecule has 1 aromatic heterocycles. The van der Waals surface area contributed by atoms with Crippen molar-refractivity contribution in [1.82, 2.24) is 4.90 Å². The summed E-state index contributed by atoms with van der Waals surface area (Å²) in [6.07, 6.45) is 6.74. The highest BCUT2D eigenvalue weighted by molar-refractivity contribution is 5.65. The van der Waals surface area contributed by atoms with Gasteiger partial charge in [0.2, 0.25) is 0 Å². The first kappa shape index (κ1) is 14.2. The molecule has 1 aromatic carbocycles. The summed E-state index contributed by atoms with van der Waals surface area (Å²) in [5.74, 6) is 0.483. The zero-order valence-corrected chi connectivity index (χ0v) is 12.8. The first-order valence-electron chi connectivity index (χ1n) is 7.91. The molecule has 23 heavy (non-hydrogen) atoms. The molecule has 2 aliphatic rings. The number of hydrogen-bond donors (Lipinski definition) is 0. The maximum atomic E-state index is 10.7. The number of piperidine rings is 1. The highest BCUT2D eigenvalue weighted by Gasteiger charge is 2.37. The Morgan fingerprint density at radius 2 is 1.96 bits per heavy atom. The van der Waals surface area contributed by atoms with Crippen molar-refractivity contribution in [2.45, 2.75) is 24.8 Å². The molecule has 118 valence electrons. The number of furan rings is 1. The van der Waals surface area contributed by atoms with Gasteiger partial charge in [-0.15, -0.1) is 0 Å². The maximum absolute atomic E-state index is 10.7. The molecule has 1 aliphatic heterocycles. The largest absolute Gasteiger partial charge is 0.433 e. The summed E-state index contributed by atoms with van der Waals surface area (Å²) in [6, 6.07) is 11.7. The fourth-order valence-electron chi connectivity index (χ4n) is 3.75. The molecule has 1 fully saturated rings. The summed E-state index contributed by atoms with van der Waals surface area (Å²) < 4.78 is 5.27. The van der Waals surface area contributed by atoms with Gasteiger partial charge in [0.05, 0.1) is 12.6 Å². The van der Waals surface area contributed by atoms with Crippen molar-refractivity contribution in [2.24, 2.45) is 0 Å². The fraction of sp³-hybridized carbons (Fsp3) is 0.333. The van der Waals surface area contributed by atoms with E-state index in [4.69, 9.17) is 4.42 Å². The van der Waals surface area contributed by atoms with Crippen LogP contribution in [0.1, 0.15) is 29.7 Å². The molecule has 0 atom stereocenters. The third-order valence-electron chi connectivity index (χ3n) is 5.03. The van der Waals surface area contributed by atoms with Gasteiger partial charge >= 0.3 is 5.88 Å². The van der Waals surface area contributed by atoms with Crippen molar-refractivity contribution in [3.8, 4) is 0 Å². The molecule has 0 radical (unpaired) electrons. The Labute approximate surface area is 134 Å². The first-order valence-corrected chi connectivity index (χ1v) is 7.91. The average molecular weight is 310 g/mol. The number of allylic oxidation sites excluding steroid dienone is 1. The Kier molecular flexibility index (Phi) is 3.31. The van der Waals surface area contributed by atoms with Crippen LogP contribution < -0.4 is 0 Å². The molecular formula is C18H18N2O3. The van der Waals surface area contributed by atoms with E-state index in [0.717, 1.165) is 25.9 Å². The van der Waals surface area contributed by atoms with Gasteiger partial charge in [0.25, 0.3) is 0 Å². The van der Waals surface area contributed by atoms with Gasteiger partial charge in [-0.25, -0.2) is 0 Å². The third-order valence-corrected chi connectivity index (χ3v) is 5.03. The molecule has 4 rings (SSSR count). The second kappa shape index (κ2) is 5.35. The van der Waals surface area contributed by atoms with E-state index in [2.05, 4.69) is 41.3 Å². The van der Waals surface area contributed by atoms with Gasteiger partial charge in [-0.3, -0.25) is 15.0 Å². The highest BCUT2D eigenvalue weighted by Crippen LogP contribution is 2.43. The second-order valence-corrected chi connectivity index (χ2v) is 6.35. The zero-order chi connectivity index (χ0) is 15.9. The number of likely N-dealkylation sites (tertiary alicyclic amines) is 1. The molecule has 0 unspecified atom stereocenters. The lowest BCUT2D eigenvalue weighted by Crippen LogP contribution is -2.40. The summed E-state index contributed by atoms with van der Waals surface area (Å²) in [4.78, 5) is 12.5. The van der Waals surface area contributed by atoms with Crippen LogP contribution in [0.25, 0.3) is 6.08 Å². The zero-order valence-electron chi connectivity index (χ0n) is 12.8. The molecule has 5 nitrogen and oxygen atoms in total. The van der Waals surface area contributed by atoms with E-state index in [9.17, 15) is 10.1 Å². The summed E-state index contributed by atoms with van der Waals surface area (Å²) in [7, 11) is 0. The van der Waals surface area contributed by atoms with Crippen LogP contribution in [-0.2, 0) is 12.0 Å². The number of rotatable bonds is 3. The summed E-state index contributed by atoms with van der Waals surface area (Å²) >= 11 is 0. The minimum Gasteiger partial charge on any atom is -0.404 e. The Bertz CT molecular complexity index is 770. The first-order chi connectivity index (χ1) is 11.2. The van der Waals surface area contributed by atoms with E-state index in [-0.39, 0.29) is 11.3 Å². The maximum Gasteiger partial charge on any atom is 0.433 e. The lowest BCUT2D eigenvalue weighted by Gasteiger charge is -2.39. The summed E-state index contributed by atoms with van der Waals surface area (Å²) in [5.41, 5.74) is 2.94. The predicted molar refractivity (Wildman–Crippen MR) is 87.0 cm³/mol. The Hall–Kier alpha value is -2.40. The SMILES string of the molecule is O=[N+]([O-])c1ccc(CN2CCC3(C=Cc4ccccc43)CC2)o1. The standard InChI is InChI=1S/C18H18N2O3/c21-20(22)17-6-5-15(23-17)13-19-11-9-18(10-12-19)8-7-14-3-1-2-4-16(14)18/h1-8H,9-13H2. The number of fused-ring (bicyclic) bond motifs is 2. The van der Waals surface area contributed by atoms with Crippen LogP contribution in [0.3, 0.4) is 0 Å². The van der Waals surface area contributed by atoms with Crippen LogP contribution in [-0.4, -0.2) is 22.9 Å². The molecular weight excluding hydrogens is 292 g/mol. The quantitative estimate of drug-likeness (QED) is 0.640. The molecule has 1 saturated heterocycles. The number of nitro groups is 1. The van der Waals surface area contributed by atoms with Gasteiger partial charge in [0.1, 0.15) is 10.7 Å². The van der Waals surface area contributed by atoms with Crippen molar-refractivity contribution < 1.29 is 9.34 Å². The third kappa shape index (κ3) is 2.47. The fourth-order valence-corrected chi connectivity index (χ4v) is 3.75. The monoisotopic (exact) mass is 310 g/mol. The van der Waals surface area contributed by atoms with Crippen molar-refractivity contribution in [3.05, 3.63) is 69.5 Å². The van der Waals surface area contributed by atoms with Gasteiger partial charge in [-0.05, 0) is 43.1 Å². The van der Waals surface area contributed by atoms with Crippen molar-refractivity contribution in [2.75, 3.05) is 13.1 Å². The molecule has 2 aromatic rings. The number of benzene rings is 1. The van der Waals surface area contributed by atoms with E-state index < -0.39 is 4.92 Å². The molecule has 5 heteroatoms. The Morgan fingerprint density at radius 1 is 1.17 bits per heavy atom. The lowest BCUT2D eigenvalue weighted by atomic mass is 9.74. The highest BCUT2D eigenvalue weighted by atomic mass is 16.6. The van der Waals surface area contributed by atoms with Crippen LogP contribution in [0.4, 0.5) is 5.88 Å². The van der Waals surface area contributed by atoms with Gasteiger partial charge in [-0.1, -0.05) is 36.4 Å². The van der Waals surface area contributed by atoms with Gasteiger partial charge in [0, 0.05) is 5.41 Å². The molecule has 2 heterocycles. The predicted octanol–water partition coefficient (Wildman–Crippen LogP) is 3.75. The minimum absolute atomic E-state index is 0.169. The molecule has 0 saturated carbocycles. The smallest absolute Gasteiger partial charge is 0.404 e. The van der Waals surface area contributed by atoms with Gasteiger partial charge < -0.3 is 4.42 Å². The lowest BCUT2D eigenvalue weighted by molar-refractivity contribution is -0.402. The Morgan fingerprint density at radius 3 is 2.70 bits per heavy atom. The van der Waals surface area contributed by atoms with Gasteiger partial charge in [0.15, 0.2) is 0 Å². The summed E-state index contributed by atoms with van der Waals surface area (Å²) in [5, 5.41) is 10.7. The molecule has 0 bridgehead atoms. The average Bonchev–Trinajstić information content (AvgIpc) is 3.16. The topological polar surface area (TPSA) is 59.5 Å². The Balaban J connectivity index is 1.44. The van der Waals surface area contributed by atoms with Crippen molar-refractivity contribution >= 4 is 12.0 Å². The van der Waals surface area contributed by atoms with E-state index in [1.54, 1.807) is 6.07 Å². The van der Waals surface area contributed by atoms with Crippen LogP contribution in [0.2, 0.25) is 0 Å². The minimum atomic E-state index is -0.491. The molecule has 0 amide bonds. The number of hydrogen-bond acceptors (Lipinski definition) is 4. The molecule has 0 N–H and O–H groups in total. The molecule has 1 aliphatic carbocycles. The van der Waals surface area contributed by atoms with Gasteiger partial charge in [-0.2, -0.15) is 0 Å². The normalized spacial score (nSPS) is 19.1. The number of nitrogens with zero attached hydrogens (tertiary/aromatic N) is 2. The van der Waals surface area contributed by atoms with E-state index in [1.807, 2.05) is 0 Å². The van der Waals surface area contributed by atoms with Crippen molar-refractivity contribution in [3.63, 3.8) is 0 Å². The van der Waals surface area contributed by atoms with E-state index in [0.29, 0.717) is 12.3 Å². The second-order valence-electron chi connectivity index (χ2n) is 6.35. The van der Waals surface area contributed by atoms with Crippen LogP contribution in [0, 0.1) is 10.1 Å². The van der Waals surface area contributed by atoms with E-state index >= 15 is 0 Å². The van der Waals surface area contributed by atoms with Crippen LogP contribution in [0.15, 0.2) is 46.9 Å². The molecule has 1 spiro atoms. The summed E-state index contributed by atoms with van der Waals surface area (Å²) in [6.45, 7) is 2.57. The van der Waals surface area contributed by atoms with Crippen LogP contribution >= 0.6 is 0 Å². The van der Waals surface area contributed by atoms with Crippen LogP contribution in [0.5, 0.6) is 0 Å².